The van der Waals surface area contributed by atoms with Crippen LogP contribution in [0.15, 0.2) is 36.8 Å². The fourth-order valence-electron chi connectivity index (χ4n) is 3.24. The molecule has 0 aliphatic carbocycles. The van der Waals surface area contributed by atoms with Crippen molar-refractivity contribution in [2.75, 3.05) is 38.0 Å². The summed E-state index contributed by atoms with van der Waals surface area (Å²) in [6.07, 6.45) is 5.36. The highest BCUT2D eigenvalue weighted by Gasteiger charge is 2.15. The first kappa shape index (κ1) is 20.2. The van der Waals surface area contributed by atoms with Crippen molar-refractivity contribution >= 4 is 28.5 Å². The number of aromatic amines is 1. The van der Waals surface area contributed by atoms with Gasteiger partial charge in [0, 0.05) is 38.7 Å². The monoisotopic (exact) mass is 418 g/mol. The maximum absolute atomic E-state index is 9.40. The van der Waals surface area contributed by atoms with Crippen LogP contribution in [-0.2, 0) is 11.8 Å². The highest BCUT2D eigenvalue weighted by molar-refractivity contribution is 5.93. The van der Waals surface area contributed by atoms with Gasteiger partial charge < -0.3 is 25.1 Å². The molecule has 0 spiro atoms. The molecule has 0 saturated carbocycles. The van der Waals surface area contributed by atoms with Crippen LogP contribution in [0.25, 0.3) is 22.2 Å². The number of H-pyrrole nitrogens is 1. The molecule has 0 fully saturated rings. The van der Waals surface area contributed by atoms with Gasteiger partial charge in [0.25, 0.3) is 0 Å². The number of nitrogens with one attached hydrogen (secondary N) is 3. The van der Waals surface area contributed by atoms with E-state index in [0.29, 0.717) is 53.0 Å². The maximum atomic E-state index is 9.40. The van der Waals surface area contributed by atoms with Crippen molar-refractivity contribution in [3.63, 3.8) is 0 Å². The lowest BCUT2D eigenvalue weighted by molar-refractivity contribution is 0.210. The average molecular weight is 418 g/mol. The van der Waals surface area contributed by atoms with Crippen LogP contribution < -0.4 is 15.4 Å². The van der Waals surface area contributed by atoms with Crippen LogP contribution in [0, 0.1) is 11.3 Å². The van der Waals surface area contributed by atoms with Crippen LogP contribution in [0.3, 0.4) is 0 Å². The van der Waals surface area contributed by atoms with E-state index in [1.165, 1.54) is 0 Å². The Morgan fingerprint density at radius 1 is 1.23 bits per heavy atom. The molecule has 158 valence electrons. The second kappa shape index (κ2) is 8.73. The molecule has 0 saturated heterocycles. The zero-order valence-corrected chi connectivity index (χ0v) is 17.4. The first-order chi connectivity index (χ1) is 15.1. The third-order valence-corrected chi connectivity index (χ3v) is 4.74. The molecule has 31 heavy (non-hydrogen) atoms. The molecule has 0 radical (unpaired) electrons. The Hall–Kier alpha value is -4.10. The highest BCUT2D eigenvalue weighted by atomic mass is 16.5. The molecule has 0 bridgehead atoms. The number of aromatic nitrogens is 5. The summed E-state index contributed by atoms with van der Waals surface area (Å²) in [6.45, 7) is 1.05. The Balaban J connectivity index is 1.68. The van der Waals surface area contributed by atoms with Gasteiger partial charge in [-0.15, -0.1) is 0 Å². The summed E-state index contributed by atoms with van der Waals surface area (Å²) in [5.74, 6) is 1.56. The molecule has 3 aromatic heterocycles. The summed E-state index contributed by atoms with van der Waals surface area (Å²) in [7, 11) is 5.11. The topological polar surface area (TPSA) is 126 Å². The minimum absolute atomic E-state index is 0.367. The fraction of sp³-hybridized carbons (Fsp3) is 0.238. The highest BCUT2D eigenvalue weighted by Crippen LogP contribution is 2.33. The molecule has 4 rings (SSSR count). The molecule has 4 aromatic rings. The van der Waals surface area contributed by atoms with Gasteiger partial charge >= 0.3 is 0 Å². The molecule has 3 heterocycles. The molecule has 0 amide bonds. The van der Waals surface area contributed by atoms with E-state index in [2.05, 4.69) is 36.8 Å². The van der Waals surface area contributed by atoms with Gasteiger partial charge in [-0.1, -0.05) is 6.07 Å². The summed E-state index contributed by atoms with van der Waals surface area (Å²) >= 11 is 0. The summed E-state index contributed by atoms with van der Waals surface area (Å²) in [4.78, 5) is 12.1. The van der Waals surface area contributed by atoms with Crippen LogP contribution in [0.4, 0.5) is 17.5 Å². The Labute approximate surface area is 178 Å². The van der Waals surface area contributed by atoms with Crippen molar-refractivity contribution in [2.45, 2.75) is 0 Å². The molecule has 10 nitrogen and oxygen atoms in total. The summed E-state index contributed by atoms with van der Waals surface area (Å²) in [5.41, 5.74) is 3.71. The van der Waals surface area contributed by atoms with Crippen molar-refractivity contribution in [1.29, 1.82) is 5.26 Å². The van der Waals surface area contributed by atoms with Gasteiger partial charge in [-0.2, -0.15) is 20.3 Å². The summed E-state index contributed by atoms with van der Waals surface area (Å²) in [6, 6.07) is 7.97. The number of rotatable bonds is 8. The van der Waals surface area contributed by atoms with E-state index in [0.717, 1.165) is 11.1 Å². The van der Waals surface area contributed by atoms with Crippen LogP contribution in [-0.4, -0.2) is 52.1 Å². The zero-order valence-electron chi connectivity index (χ0n) is 17.4. The summed E-state index contributed by atoms with van der Waals surface area (Å²) in [5, 5.41) is 20.7. The third-order valence-electron chi connectivity index (χ3n) is 4.74. The largest absolute Gasteiger partial charge is 0.495 e. The van der Waals surface area contributed by atoms with E-state index in [4.69, 9.17) is 9.47 Å². The SMILES string of the molecule is COCCNc1nc(Nc2ccc(-c3cnn(C)c3)cc2OC)nc2[nH]cc(C#N)c12. The van der Waals surface area contributed by atoms with E-state index in [1.54, 1.807) is 31.3 Å². The van der Waals surface area contributed by atoms with Crippen molar-refractivity contribution in [3.05, 3.63) is 42.4 Å². The minimum Gasteiger partial charge on any atom is -0.495 e. The molecule has 0 unspecified atom stereocenters. The third kappa shape index (κ3) is 4.12. The Morgan fingerprint density at radius 3 is 2.81 bits per heavy atom. The standard InChI is InChI=1S/C21H22N8O2/c1-29-12-15(11-25-29)13-4-5-16(17(8-13)31-3)26-21-27-19(23-6-7-30-2)18-14(9-22)10-24-20(18)28-21/h4-5,8,10-12H,6-7H2,1-3H3,(H3,23,24,26,27,28). The van der Waals surface area contributed by atoms with Crippen LogP contribution in [0.5, 0.6) is 5.75 Å². The van der Waals surface area contributed by atoms with E-state index in [-0.39, 0.29) is 0 Å². The number of nitrogens with zero attached hydrogens (tertiary/aromatic N) is 5. The second-order valence-electron chi connectivity index (χ2n) is 6.80. The van der Waals surface area contributed by atoms with Crippen molar-refractivity contribution in [2.24, 2.45) is 7.05 Å². The van der Waals surface area contributed by atoms with Gasteiger partial charge in [-0.25, -0.2) is 0 Å². The molecule has 0 aliphatic heterocycles. The predicted octanol–water partition coefficient (Wildman–Crippen LogP) is 3.04. The smallest absolute Gasteiger partial charge is 0.231 e. The van der Waals surface area contributed by atoms with Crippen LogP contribution >= 0.6 is 0 Å². The fourth-order valence-corrected chi connectivity index (χ4v) is 3.24. The minimum atomic E-state index is 0.367. The second-order valence-corrected chi connectivity index (χ2v) is 6.80. The van der Waals surface area contributed by atoms with Crippen LogP contribution in [0.1, 0.15) is 5.56 Å². The number of ether oxygens (including phenoxy) is 2. The lowest BCUT2D eigenvalue weighted by Gasteiger charge is -2.13. The number of hydrogen-bond acceptors (Lipinski definition) is 8. The molecular weight excluding hydrogens is 396 g/mol. The lowest BCUT2D eigenvalue weighted by atomic mass is 10.1. The maximum Gasteiger partial charge on any atom is 0.231 e. The molecular formula is C21H22N8O2. The van der Waals surface area contributed by atoms with Gasteiger partial charge in [0.2, 0.25) is 5.95 Å². The number of fused-ring (bicyclic) bond motifs is 1. The number of benzene rings is 1. The zero-order chi connectivity index (χ0) is 21.8. The van der Waals surface area contributed by atoms with E-state index < -0.39 is 0 Å². The molecule has 0 aliphatic rings. The van der Waals surface area contributed by atoms with E-state index in [1.807, 2.05) is 31.4 Å². The lowest BCUT2D eigenvalue weighted by Crippen LogP contribution is -2.11. The van der Waals surface area contributed by atoms with Gasteiger partial charge in [-0.3, -0.25) is 4.68 Å². The number of nitriles is 1. The Bertz CT molecular complexity index is 1250. The number of aryl methyl sites for hydroxylation is 1. The normalized spacial score (nSPS) is 10.8. The van der Waals surface area contributed by atoms with Gasteiger partial charge in [-0.05, 0) is 17.7 Å². The first-order valence-corrected chi connectivity index (χ1v) is 9.59. The predicted molar refractivity (Wildman–Crippen MR) is 117 cm³/mol. The quantitative estimate of drug-likeness (QED) is 0.373. The van der Waals surface area contributed by atoms with E-state index in [9.17, 15) is 5.26 Å². The Morgan fingerprint density at radius 2 is 2.10 bits per heavy atom. The molecule has 0 atom stereocenters. The van der Waals surface area contributed by atoms with E-state index >= 15 is 0 Å². The van der Waals surface area contributed by atoms with Crippen molar-refractivity contribution < 1.29 is 9.47 Å². The van der Waals surface area contributed by atoms with Gasteiger partial charge in [0.05, 0.1) is 36.6 Å². The van der Waals surface area contributed by atoms with Crippen molar-refractivity contribution in [1.82, 2.24) is 24.7 Å². The van der Waals surface area contributed by atoms with Gasteiger partial charge in [0.15, 0.2) is 0 Å². The first-order valence-electron chi connectivity index (χ1n) is 9.59. The number of hydrogen-bond donors (Lipinski definition) is 3. The molecule has 3 N–H and O–H groups in total. The summed E-state index contributed by atoms with van der Waals surface area (Å²) < 4.78 is 12.4. The van der Waals surface area contributed by atoms with Crippen molar-refractivity contribution in [3.8, 4) is 22.9 Å². The number of anilines is 3. The Kier molecular flexibility index (Phi) is 5.68. The van der Waals surface area contributed by atoms with Crippen LogP contribution in [0.2, 0.25) is 0 Å². The number of methoxy groups -OCH3 is 2. The van der Waals surface area contributed by atoms with Gasteiger partial charge in [0.1, 0.15) is 23.3 Å². The molecule has 1 aromatic carbocycles. The average Bonchev–Trinajstić information content (AvgIpc) is 3.40. The molecule has 10 heteroatoms.